The van der Waals surface area contributed by atoms with E-state index < -0.39 is 0 Å². The molecule has 0 spiro atoms. The minimum atomic E-state index is 0.374. The molecule has 20 heavy (non-hydrogen) atoms. The molecule has 2 nitrogen and oxygen atoms in total. The summed E-state index contributed by atoms with van der Waals surface area (Å²) in [4.78, 5) is 3.53. The number of anilines is 2. The fraction of sp³-hybridized carbons (Fsp3) is 0.412. The summed E-state index contributed by atoms with van der Waals surface area (Å²) in [6, 6.07) is 11.3. The molecule has 0 saturated heterocycles. The Labute approximate surface area is 126 Å². The number of rotatable bonds is 5. The molecule has 0 aliphatic rings. The highest BCUT2D eigenvalue weighted by Gasteiger charge is 2.17. The molecule has 1 aromatic heterocycles. The molecule has 1 unspecified atom stereocenters. The number of aryl methyl sites for hydroxylation is 1. The van der Waals surface area contributed by atoms with E-state index in [1.165, 1.54) is 21.8 Å². The number of benzene rings is 1. The van der Waals surface area contributed by atoms with E-state index in [-0.39, 0.29) is 0 Å². The maximum atomic E-state index is 3.71. The van der Waals surface area contributed by atoms with Crippen LogP contribution in [0.5, 0.6) is 0 Å². The first-order valence-electron chi connectivity index (χ1n) is 7.07. The van der Waals surface area contributed by atoms with Gasteiger partial charge >= 0.3 is 0 Å². The Balaban J connectivity index is 2.23. The largest absolute Gasteiger partial charge is 0.378 e. The number of hydrogen-bond donors (Lipinski definition) is 1. The maximum absolute atomic E-state index is 3.71. The molecule has 1 aromatic carbocycles. The van der Waals surface area contributed by atoms with Crippen LogP contribution in [0.25, 0.3) is 0 Å². The van der Waals surface area contributed by atoms with Crippen molar-refractivity contribution in [2.24, 2.45) is 5.92 Å². The van der Waals surface area contributed by atoms with Crippen LogP contribution in [0.15, 0.2) is 35.7 Å². The molecule has 0 fully saturated rings. The molecule has 0 aliphatic heterocycles. The van der Waals surface area contributed by atoms with Crippen LogP contribution < -0.4 is 10.2 Å². The van der Waals surface area contributed by atoms with Gasteiger partial charge in [0, 0.05) is 30.3 Å². The van der Waals surface area contributed by atoms with Gasteiger partial charge in [-0.15, -0.1) is 11.3 Å². The molecule has 2 rings (SSSR count). The summed E-state index contributed by atoms with van der Waals surface area (Å²) in [6.45, 7) is 6.70. The molecule has 108 valence electrons. The standard InChI is InChI=1S/C17H24N2S/c1-12(2)17(16-7-6-10-20-16)18-15-9-8-14(19(4)5)11-13(15)3/h6-12,17-18H,1-5H3. The van der Waals surface area contributed by atoms with E-state index in [2.05, 4.69) is 80.8 Å². The van der Waals surface area contributed by atoms with Crippen LogP contribution in [0.2, 0.25) is 0 Å². The first-order chi connectivity index (χ1) is 9.49. The molecule has 2 aromatic rings. The molecule has 0 radical (unpaired) electrons. The molecule has 3 heteroatoms. The number of nitrogens with one attached hydrogen (secondary N) is 1. The predicted octanol–water partition coefficient (Wildman–Crippen LogP) is 4.93. The molecule has 0 aliphatic carbocycles. The minimum Gasteiger partial charge on any atom is -0.378 e. The lowest BCUT2D eigenvalue weighted by Crippen LogP contribution is -2.16. The second kappa shape index (κ2) is 6.31. The van der Waals surface area contributed by atoms with Gasteiger partial charge in [0.15, 0.2) is 0 Å². The van der Waals surface area contributed by atoms with Gasteiger partial charge in [-0.1, -0.05) is 19.9 Å². The molecule has 1 N–H and O–H groups in total. The Kier molecular flexibility index (Phi) is 4.71. The topological polar surface area (TPSA) is 15.3 Å². The van der Waals surface area contributed by atoms with Gasteiger partial charge in [-0.2, -0.15) is 0 Å². The van der Waals surface area contributed by atoms with Crippen LogP contribution in [0.3, 0.4) is 0 Å². The average molecular weight is 288 g/mol. The first kappa shape index (κ1) is 14.9. The fourth-order valence-electron chi connectivity index (χ4n) is 2.29. The summed E-state index contributed by atoms with van der Waals surface area (Å²) in [7, 11) is 4.15. The van der Waals surface area contributed by atoms with Crippen LogP contribution in [0.1, 0.15) is 30.3 Å². The number of hydrogen-bond acceptors (Lipinski definition) is 3. The van der Waals surface area contributed by atoms with E-state index in [1.54, 1.807) is 0 Å². The normalized spacial score (nSPS) is 12.5. The highest BCUT2D eigenvalue weighted by atomic mass is 32.1. The number of thiophene rings is 1. The molecule has 1 atom stereocenters. The van der Waals surface area contributed by atoms with Crippen molar-refractivity contribution in [3.8, 4) is 0 Å². The molecular weight excluding hydrogens is 264 g/mol. The van der Waals surface area contributed by atoms with Gasteiger partial charge in [0.1, 0.15) is 0 Å². The summed E-state index contributed by atoms with van der Waals surface area (Å²) in [5.74, 6) is 0.557. The third kappa shape index (κ3) is 3.34. The van der Waals surface area contributed by atoms with Crippen LogP contribution >= 0.6 is 11.3 Å². The monoisotopic (exact) mass is 288 g/mol. The predicted molar refractivity (Wildman–Crippen MR) is 91.0 cm³/mol. The molecule has 0 bridgehead atoms. The summed E-state index contributed by atoms with van der Waals surface area (Å²) in [5.41, 5.74) is 3.76. The van der Waals surface area contributed by atoms with Gasteiger partial charge < -0.3 is 10.2 Å². The van der Waals surface area contributed by atoms with Crippen LogP contribution in [0, 0.1) is 12.8 Å². The zero-order chi connectivity index (χ0) is 14.7. The molecule has 1 heterocycles. The summed E-state index contributed by atoms with van der Waals surface area (Å²) in [5, 5.41) is 5.85. The fourth-order valence-corrected chi connectivity index (χ4v) is 3.24. The van der Waals surface area contributed by atoms with Gasteiger partial charge in [-0.3, -0.25) is 0 Å². The lowest BCUT2D eigenvalue weighted by Gasteiger charge is -2.24. The highest BCUT2D eigenvalue weighted by Crippen LogP contribution is 2.31. The van der Waals surface area contributed by atoms with Gasteiger partial charge in [0.2, 0.25) is 0 Å². The zero-order valence-corrected chi connectivity index (χ0v) is 13.8. The lowest BCUT2D eigenvalue weighted by atomic mass is 10.0. The Morgan fingerprint density at radius 1 is 1.15 bits per heavy atom. The SMILES string of the molecule is Cc1cc(N(C)C)ccc1NC(c1cccs1)C(C)C. The summed E-state index contributed by atoms with van der Waals surface area (Å²) < 4.78 is 0. The second-order valence-electron chi connectivity index (χ2n) is 5.78. The van der Waals surface area contributed by atoms with Crippen LogP contribution in [0.4, 0.5) is 11.4 Å². The minimum absolute atomic E-state index is 0.374. The van der Waals surface area contributed by atoms with Crippen LogP contribution in [-0.2, 0) is 0 Å². The van der Waals surface area contributed by atoms with Crippen molar-refractivity contribution >= 4 is 22.7 Å². The molecular formula is C17H24N2S. The van der Waals surface area contributed by atoms with Gasteiger partial charge in [0.25, 0.3) is 0 Å². The lowest BCUT2D eigenvalue weighted by molar-refractivity contribution is 0.553. The Bertz CT molecular complexity index is 544. The van der Waals surface area contributed by atoms with E-state index in [4.69, 9.17) is 0 Å². The average Bonchev–Trinajstić information content (AvgIpc) is 2.90. The van der Waals surface area contributed by atoms with Crippen molar-refractivity contribution in [1.82, 2.24) is 0 Å². The second-order valence-corrected chi connectivity index (χ2v) is 6.75. The third-order valence-corrected chi connectivity index (χ3v) is 4.51. The van der Waals surface area contributed by atoms with Gasteiger partial charge in [-0.25, -0.2) is 0 Å². The van der Waals surface area contributed by atoms with E-state index in [1.807, 2.05) is 11.3 Å². The van der Waals surface area contributed by atoms with Crippen molar-refractivity contribution in [2.75, 3.05) is 24.3 Å². The van der Waals surface area contributed by atoms with Crippen molar-refractivity contribution in [1.29, 1.82) is 0 Å². The highest BCUT2D eigenvalue weighted by molar-refractivity contribution is 7.10. The molecule has 0 amide bonds. The quantitative estimate of drug-likeness (QED) is 0.839. The van der Waals surface area contributed by atoms with Crippen molar-refractivity contribution in [2.45, 2.75) is 26.8 Å². The van der Waals surface area contributed by atoms with E-state index in [0.29, 0.717) is 12.0 Å². The summed E-state index contributed by atoms with van der Waals surface area (Å²) in [6.07, 6.45) is 0. The smallest absolute Gasteiger partial charge is 0.0629 e. The van der Waals surface area contributed by atoms with Gasteiger partial charge in [0.05, 0.1) is 6.04 Å². The van der Waals surface area contributed by atoms with Crippen LogP contribution in [-0.4, -0.2) is 14.1 Å². The zero-order valence-electron chi connectivity index (χ0n) is 13.0. The van der Waals surface area contributed by atoms with Crippen molar-refractivity contribution in [3.05, 3.63) is 46.2 Å². The van der Waals surface area contributed by atoms with E-state index in [9.17, 15) is 0 Å². The molecule has 0 saturated carbocycles. The first-order valence-corrected chi connectivity index (χ1v) is 7.95. The van der Waals surface area contributed by atoms with Crippen molar-refractivity contribution in [3.63, 3.8) is 0 Å². The Morgan fingerprint density at radius 2 is 1.90 bits per heavy atom. The van der Waals surface area contributed by atoms with Gasteiger partial charge in [-0.05, 0) is 48.1 Å². The summed E-state index contributed by atoms with van der Waals surface area (Å²) >= 11 is 1.82. The number of nitrogens with zero attached hydrogens (tertiary/aromatic N) is 1. The Hall–Kier alpha value is -1.48. The van der Waals surface area contributed by atoms with E-state index in [0.717, 1.165) is 0 Å². The maximum Gasteiger partial charge on any atom is 0.0629 e. The van der Waals surface area contributed by atoms with E-state index >= 15 is 0 Å². The Morgan fingerprint density at radius 3 is 2.40 bits per heavy atom. The van der Waals surface area contributed by atoms with Crippen molar-refractivity contribution < 1.29 is 0 Å². The third-order valence-electron chi connectivity index (χ3n) is 3.55.